The molecule has 3 N–H and O–H groups in total. The largest absolute Gasteiger partial charge is 0.497 e. The van der Waals surface area contributed by atoms with Crippen LogP contribution in [0, 0.1) is 6.92 Å². The minimum Gasteiger partial charge on any atom is -0.497 e. The average Bonchev–Trinajstić information content (AvgIpc) is 2.95. The molecule has 1 aliphatic heterocycles. The zero-order valence-corrected chi connectivity index (χ0v) is 14.4. The maximum atomic E-state index is 12.4. The Hall–Kier alpha value is -2.05. The van der Waals surface area contributed by atoms with E-state index in [-0.39, 0.29) is 5.91 Å². The quantitative estimate of drug-likeness (QED) is 0.676. The van der Waals surface area contributed by atoms with Crippen LogP contribution in [0.15, 0.2) is 18.2 Å². The summed E-state index contributed by atoms with van der Waals surface area (Å²) in [6.45, 7) is 7.56. The van der Waals surface area contributed by atoms with E-state index in [2.05, 4.69) is 10.3 Å². The summed E-state index contributed by atoms with van der Waals surface area (Å²) < 4.78 is 10.6. The third-order valence-electron chi connectivity index (χ3n) is 4.69. The zero-order valence-electron chi connectivity index (χ0n) is 14.4. The molecule has 130 valence electrons. The van der Waals surface area contributed by atoms with Crippen molar-refractivity contribution >= 4 is 16.8 Å². The molecule has 1 aromatic carbocycles. The van der Waals surface area contributed by atoms with Gasteiger partial charge in [0.05, 0.1) is 26.9 Å². The third-order valence-corrected chi connectivity index (χ3v) is 4.69. The summed E-state index contributed by atoms with van der Waals surface area (Å²) >= 11 is 0. The summed E-state index contributed by atoms with van der Waals surface area (Å²) in [5.41, 5.74) is 2.55. The van der Waals surface area contributed by atoms with Gasteiger partial charge in [0, 0.05) is 23.9 Å². The van der Waals surface area contributed by atoms with E-state index >= 15 is 0 Å². The molecule has 0 spiro atoms. The number of amides is 1. The predicted molar refractivity (Wildman–Crippen MR) is 92.9 cm³/mol. The normalized spacial score (nSPS) is 15.6. The van der Waals surface area contributed by atoms with E-state index in [0.717, 1.165) is 61.5 Å². The van der Waals surface area contributed by atoms with Gasteiger partial charge in [-0.3, -0.25) is 4.79 Å². The first-order valence-corrected chi connectivity index (χ1v) is 8.55. The third kappa shape index (κ3) is 3.71. The summed E-state index contributed by atoms with van der Waals surface area (Å²) in [6.07, 6.45) is 0.980. The van der Waals surface area contributed by atoms with Gasteiger partial charge < -0.3 is 24.7 Å². The number of methoxy groups -OCH3 is 1. The Morgan fingerprint density at radius 1 is 1.38 bits per heavy atom. The summed E-state index contributed by atoms with van der Waals surface area (Å²) in [7, 11) is 1.65. The smallest absolute Gasteiger partial charge is 0.268 e. The molecule has 0 aliphatic carbocycles. The number of morpholine rings is 1. The number of hydrogen-bond donors (Lipinski definition) is 3. The van der Waals surface area contributed by atoms with Gasteiger partial charge in [0.25, 0.3) is 5.91 Å². The molecular weight excluding hydrogens is 306 g/mol. The van der Waals surface area contributed by atoms with Gasteiger partial charge in [-0.15, -0.1) is 0 Å². The summed E-state index contributed by atoms with van der Waals surface area (Å²) in [4.78, 5) is 17.2. The average molecular weight is 332 g/mol. The number of quaternary nitrogens is 1. The Bertz CT molecular complexity index is 705. The zero-order chi connectivity index (χ0) is 16.9. The van der Waals surface area contributed by atoms with Crippen LogP contribution in [-0.2, 0) is 4.74 Å². The number of hydrogen-bond acceptors (Lipinski definition) is 3. The van der Waals surface area contributed by atoms with Crippen molar-refractivity contribution in [3.05, 3.63) is 29.5 Å². The van der Waals surface area contributed by atoms with E-state index in [1.54, 1.807) is 12.0 Å². The number of carbonyl (C=O) groups excluding carboxylic acids is 1. The SMILES string of the molecule is COc1ccc2[nH]c(C(=O)NCCC[NH+]3CCOCC3)c(C)c2c1. The standard InChI is InChI=1S/C18H25N3O3/c1-13-15-12-14(23-2)4-5-16(15)20-17(13)18(22)19-6-3-7-21-8-10-24-11-9-21/h4-5,12,20H,3,6-11H2,1-2H3,(H,19,22)/p+1. The van der Waals surface area contributed by atoms with E-state index < -0.39 is 0 Å². The molecule has 1 fully saturated rings. The lowest BCUT2D eigenvalue weighted by Crippen LogP contribution is -3.14. The summed E-state index contributed by atoms with van der Waals surface area (Å²) in [5, 5.41) is 4.05. The topological polar surface area (TPSA) is 67.8 Å². The van der Waals surface area contributed by atoms with Crippen LogP contribution in [0.25, 0.3) is 10.9 Å². The van der Waals surface area contributed by atoms with E-state index in [4.69, 9.17) is 9.47 Å². The lowest BCUT2D eigenvalue weighted by Gasteiger charge is -2.23. The first-order chi connectivity index (χ1) is 11.7. The lowest BCUT2D eigenvalue weighted by molar-refractivity contribution is -0.908. The number of fused-ring (bicyclic) bond motifs is 1. The Kier molecular flexibility index (Phi) is 5.37. The molecule has 24 heavy (non-hydrogen) atoms. The second-order valence-corrected chi connectivity index (χ2v) is 6.26. The number of aromatic amines is 1. The molecule has 1 aromatic heterocycles. The van der Waals surface area contributed by atoms with Crippen LogP contribution in [0.4, 0.5) is 0 Å². The molecule has 0 saturated carbocycles. The molecule has 2 aromatic rings. The number of aryl methyl sites for hydroxylation is 1. The number of aromatic nitrogens is 1. The number of nitrogens with one attached hydrogen (secondary N) is 3. The fourth-order valence-corrected chi connectivity index (χ4v) is 3.20. The van der Waals surface area contributed by atoms with Crippen molar-refractivity contribution in [3.8, 4) is 5.75 Å². The van der Waals surface area contributed by atoms with Crippen LogP contribution >= 0.6 is 0 Å². The number of ether oxygens (including phenoxy) is 2. The minimum absolute atomic E-state index is 0.0420. The van der Waals surface area contributed by atoms with Gasteiger partial charge in [-0.2, -0.15) is 0 Å². The highest BCUT2D eigenvalue weighted by atomic mass is 16.5. The summed E-state index contributed by atoms with van der Waals surface area (Å²) in [5.74, 6) is 0.754. The van der Waals surface area contributed by atoms with Gasteiger partial charge >= 0.3 is 0 Å². The molecule has 6 nitrogen and oxygen atoms in total. The van der Waals surface area contributed by atoms with Gasteiger partial charge in [-0.1, -0.05) is 0 Å². The van der Waals surface area contributed by atoms with E-state index in [1.165, 1.54) is 0 Å². The van der Waals surface area contributed by atoms with Gasteiger partial charge in [-0.05, 0) is 30.7 Å². The Morgan fingerprint density at radius 2 is 2.17 bits per heavy atom. The number of carbonyl (C=O) groups is 1. The Labute approximate surface area is 142 Å². The van der Waals surface area contributed by atoms with Crippen molar-refractivity contribution in [1.82, 2.24) is 10.3 Å². The molecule has 1 saturated heterocycles. The Morgan fingerprint density at radius 3 is 2.92 bits per heavy atom. The second-order valence-electron chi connectivity index (χ2n) is 6.26. The monoisotopic (exact) mass is 332 g/mol. The van der Waals surface area contributed by atoms with Crippen molar-refractivity contribution in [2.45, 2.75) is 13.3 Å². The molecule has 0 atom stereocenters. The van der Waals surface area contributed by atoms with Crippen LogP contribution in [0.3, 0.4) is 0 Å². The van der Waals surface area contributed by atoms with Gasteiger partial charge in [0.15, 0.2) is 0 Å². The lowest BCUT2D eigenvalue weighted by atomic mass is 10.1. The highest BCUT2D eigenvalue weighted by Gasteiger charge is 2.16. The highest BCUT2D eigenvalue weighted by molar-refractivity contribution is 6.01. The van der Waals surface area contributed by atoms with Crippen LogP contribution < -0.4 is 15.0 Å². The maximum Gasteiger partial charge on any atom is 0.268 e. The summed E-state index contributed by atoms with van der Waals surface area (Å²) in [6, 6.07) is 5.80. The first kappa shape index (κ1) is 16.8. The molecular formula is C18H26N3O3+. The fraction of sp³-hybridized carbons (Fsp3) is 0.500. The van der Waals surface area contributed by atoms with Crippen molar-refractivity contribution in [1.29, 1.82) is 0 Å². The predicted octanol–water partition coefficient (Wildman–Crippen LogP) is 0.520. The molecule has 1 aliphatic rings. The van der Waals surface area contributed by atoms with Crippen molar-refractivity contribution in [3.63, 3.8) is 0 Å². The van der Waals surface area contributed by atoms with E-state index in [9.17, 15) is 4.79 Å². The van der Waals surface area contributed by atoms with Crippen LogP contribution in [0.2, 0.25) is 0 Å². The van der Waals surface area contributed by atoms with Crippen molar-refractivity contribution < 1.29 is 19.2 Å². The fourth-order valence-electron chi connectivity index (χ4n) is 3.20. The van der Waals surface area contributed by atoms with Gasteiger partial charge in [0.1, 0.15) is 24.5 Å². The molecule has 0 radical (unpaired) electrons. The number of rotatable bonds is 6. The first-order valence-electron chi connectivity index (χ1n) is 8.55. The van der Waals surface area contributed by atoms with Crippen LogP contribution in [0.5, 0.6) is 5.75 Å². The Balaban J connectivity index is 1.56. The highest BCUT2D eigenvalue weighted by Crippen LogP contribution is 2.25. The van der Waals surface area contributed by atoms with Crippen molar-refractivity contribution in [2.75, 3.05) is 46.5 Å². The van der Waals surface area contributed by atoms with Crippen LogP contribution in [0.1, 0.15) is 22.5 Å². The second kappa shape index (κ2) is 7.68. The van der Waals surface area contributed by atoms with Gasteiger partial charge in [-0.25, -0.2) is 0 Å². The number of H-pyrrole nitrogens is 1. The molecule has 2 heterocycles. The molecule has 0 bridgehead atoms. The minimum atomic E-state index is -0.0420. The van der Waals surface area contributed by atoms with Crippen molar-refractivity contribution in [2.24, 2.45) is 0 Å². The molecule has 0 unspecified atom stereocenters. The van der Waals surface area contributed by atoms with E-state index in [0.29, 0.717) is 12.2 Å². The van der Waals surface area contributed by atoms with E-state index in [1.807, 2.05) is 25.1 Å². The van der Waals surface area contributed by atoms with Gasteiger partial charge in [0.2, 0.25) is 0 Å². The molecule has 6 heteroatoms. The number of benzene rings is 1. The maximum absolute atomic E-state index is 12.4. The molecule has 1 amide bonds. The molecule has 3 rings (SSSR count). The van der Waals surface area contributed by atoms with Crippen LogP contribution in [-0.4, -0.2) is 57.4 Å².